The van der Waals surface area contributed by atoms with E-state index in [0.29, 0.717) is 22.2 Å². The summed E-state index contributed by atoms with van der Waals surface area (Å²) in [7, 11) is 0. The normalized spacial score (nSPS) is 13.1. The molecule has 0 unspecified atom stereocenters. The molecule has 265 valence electrons. The van der Waals surface area contributed by atoms with Crippen LogP contribution < -0.4 is 0 Å². The van der Waals surface area contributed by atoms with Crippen LogP contribution in [0.1, 0.15) is 91.4 Å². The van der Waals surface area contributed by atoms with Crippen molar-refractivity contribution in [2.24, 2.45) is 0 Å². The Labute approximate surface area is 329 Å². The number of nitriles is 1. The fraction of sp³-hybridized carbons (Fsp3) is 0.255. The molecule has 7 rings (SSSR count). The number of fused-ring (bicyclic) bond motifs is 3. The van der Waals surface area contributed by atoms with Crippen LogP contribution >= 0.6 is 0 Å². The monoisotopic (exact) mass is 865 g/mol. The van der Waals surface area contributed by atoms with Crippen molar-refractivity contribution in [3.63, 3.8) is 0 Å². The Kier molecular flexibility index (Phi) is 9.18. The van der Waals surface area contributed by atoms with Crippen molar-refractivity contribution in [1.82, 2.24) is 9.97 Å². The Balaban J connectivity index is 0.000000251. The first kappa shape index (κ1) is 31.8. The molecule has 4 nitrogen and oxygen atoms in total. The van der Waals surface area contributed by atoms with Gasteiger partial charge in [0.1, 0.15) is 5.58 Å². The Morgan fingerprint density at radius 2 is 1.48 bits per heavy atom. The van der Waals surface area contributed by atoms with Crippen molar-refractivity contribution < 1.29 is 31.4 Å². The van der Waals surface area contributed by atoms with Gasteiger partial charge in [0.25, 0.3) is 0 Å². The number of rotatable bonds is 3. The molecule has 52 heavy (non-hydrogen) atoms. The van der Waals surface area contributed by atoms with E-state index in [4.69, 9.17) is 11.3 Å². The molecule has 0 fully saturated rings. The van der Waals surface area contributed by atoms with Gasteiger partial charge in [0, 0.05) is 43.4 Å². The van der Waals surface area contributed by atoms with Gasteiger partial charge in [0.05, 0.1) is 24.1 Å². The maximum absolute atomic E-state index is 9.94. The smallest absolute Gasteiger partial charge is 0.130 e. The zero-order chi connectivity index (χ0) is 40.9. The molecule has 3 heterocycles. The zero-order valence-electron chi connectivity index (χ0n) is 36.1. The third kappa shape index (κ3) is 7.95. The number of aromatic nitrogens is 2. The van der Waals surface area contributed by atoms with E-state index in [1.807, 2.05) is 36.5 Å². The van der Waals surface area contributed by atoms with Crippen LogP contribution in [0.2, 0.25) is 0 Å². The number of hydrogen-bond donors (Lipinski definition) is 0. The van der Waals surface area contributed by atoms with Crippen LogP contribution in [-0.2, 0) is 36.4 Å². The summed E-state index contributed by atoms with van der Waals surface area (Å²) >= 11 is 0. The molecule has 7 aromatic rings. The van der Waals surface area contributed by atoms with Crippen molar-refractivity contribution in [3.8, 4) is 39.7 Å². The average Bonchev–Trinajstić information content (AvgIpc) is 3.55. The van der Waals surface area contributed by atoms with E-state index in [1.165, 1.54) is 11.1 Å². The molecular weight excluding hydrogens is 815 g/mol. The summed E-state index contributed by atoms with van der Waals surface area (Å²) in [6.45, 7) is 19.5. The topological polar surface area (TPSA) is 62.7 Å². The Morgan fingerprint density at radius 1 is 0.750 bits per heavy atom. The molecule has 1 radical (unpaired) electrons. The van der Waals surface area contributed by atoms with Crippen molar-refractivity contribution in [2.45, 2.75) is 78.6 Å². The Hall–Kier alpha value is -4.88. The summed E-state index contributed by atoms with van der Waals surface area (Å²) < 4.78 is 47.8. The van der Waals surface area contributed by atoms with Gasteiger partial charge < -0.3 is 14.4 Å². The van der Waals surface area contributed by atoms with E-state index in [1.54, 1.807) is 18.3 Å². The second kappa shape index (κ2) is 15.0. The predicted octanol–water partition coefficient (Wildman–Crippen LogP) is 12.4. The van der Waals surface area contributed by atoms with Gasteiger partial charge in [-0.2, -0.15) is 5.26 Å². The third-order valence-electron chi connectivity index (χ3n) is 8.89. The van der Waals surface area contributed by atoms with Gasteiger partial charge in [-0.05, 0) is 50.9 Å². The maximum atomic E-state index is 9.94. The van der Waals surface area contributed by atoms with E-state index < -0.39 is 30.2 Å². The molecule has 3 aromatic heterocycles. The van der Waals surface area contributed by atoms with Gasteiger partial charge in [-0.1, -0.05) is 134 Å². The Bertz CT molecular complexity index is 2620. The minimum atomic E-state index is -0.494. The summed E-state index contributed by atoms with van der Waals surface area (Å²) in [4.78, 5) is 9.07. The molecule has 0 aliphatic heterocycles. The number of benzene rings is 4. The molecule has 5 heteroatoms. The molecule has 0 aliphatic rings. The van der Waals surface area contributed by atoms with E-state index in [-0.39, 0.29) is 58.6 Å². The van der Waals surface area contributed by atoms with Crippen LogP contribution in [0.25, 0.3) is 55.6 Å². The summed E-state index contributed by atoms with van der Waals surface area (Å²) in [5.41, 5.74) is 7.96. The van der Waals surface area contributed by atoms with Crippen molar-refractivity contribution in [2.75, 3.05) is 0 Å². The van der Waals surface area contributed by atoms with Crippen LogP contribution in [0.4, 0.5) is 0 Å². The average molecular weight is 865 g/mol. The fourth-order valence-electron chi connectivity index (χ4n) is 5.97. The van der Waals surface area contributed by atoms with Gasteiger partial charge in [0.15, 0.2) is 0 Å². The second-order valence-corrected chi connectivity index (χ2v) is 15.7. The van der Waals surface area contributed by atoms with E-state index in [0.717, 1.165) is 22.2 Å². The van der Waals surface area contributed by atoms with Crippen molar-refractivity contribution >= 4 is 21.9 Å². The molecular formula is C47H45IrN3O-2. The van der Waals surface area contributed by atoms with Gasteiger partial charge in [0.2, 0.25) is 0 Å². The van der Waals surface area contributed by atoms with Crippen LogP contribution in [0.5, 0.6) is 0 Å². The number of nitrogens with zero attached hydrogens (tertiary/aromatic N) is 3. The molecule has 0 aliphatic carbocycles. The number of hydrogen-bond acceptors (Lipinski definition) is 4. The van der Waals surface area contributed by atoms with Crippen LogP contribution in [-0.4, -0.2) is 9.97 Å². The van der Waals surface area contributed by atoms with Gasteiger partial charge in [-0.15, -0.1) is 53.1 Å². The SMILES string of the molecule is CC(C)(C)c1ccc(-c2[c-]ccc(C(C)(C)C)c2)nc1.[2H]c1c([2H])c([2H])c(-c2c(C#N)ccc3c2oc2c(-c4ccccn4)[c-]cc(C(C)(C)C)c23)c([2H])c1[2H].[Ir]. The Morgan fingerprint density at radius 3 is 2.08 bits per heavy atom. The first-order valence-corrected chi connectivity index (χ1v) is 17.1. The molecule has 4 aromatic carbocycles. The summed E-state index contributed by atoms with van der Waals surface area (Å²) in [6, 6.07) is 27.9. The second-order valence-electron chi connectivity index (χ2n) is 15.7. The first-order valence-electron chi connectivity index (χ1n) is 19.6. The van der Waals surface area contributed by atoms with Gasteiger partial charge >= 0.3 is 0 Å². The zero-order valence-corrected chi connectivity index (χ0v) is 33.5. The van der Waals surface area contributed by atoms with Gasteiger partial charge in [-0.3, -0.25) is 0 Å². The predicted molar refractivity (Wildman–Crippen MR) is 211 cm³/mol. The first-order chi connectivity index (χ1) is 26.2. The van der Waals surface area contributed by atoms with Crippen molar-refractivity contribution in [3.05, 3.63) is 144 Å². The van der Waals surface area contributed by atoms with E-state index >= 15 is 0 Å². The molecule has 0 amide bonds. The summed E-state index contributed by atoms with van der Waals surface area (Å²) in [5.74, 6) is 0. The molecule has 0 N–H and O–H groups in total. The van der Waals surface area contributed by atoms with Gasteiger partial charge in [-0.25, -0.2) is 0 Å². The summed E-state index contributed by atoms with van der Waals surface area (Å²) in [6.07, 6.45) is 3.66. The maximum Gasteiger partial charge on any atom is 0.130 e. The minimum Gasteiger partial charge on any atom is -0.500 e. The molecule has 0 atom stereocenters. The summed E-state index contributed by atoms with van der Waals surface area (Å²) in [5, 5.41) is 11.4. The van der Waals surface area contributed by atoms with Crippen molar-refractivity contribution in [1.29, 1.82) is 5.26 Å². The van der Waals surface area contributed by atoms with E-state index in [9.17, 15) is 5.26 Å². The van der Waals surface area contributed by atoms with Crippen LogP contribution in [0.15, 0.2) is 114 Å². The largest absolute Gasteiger partial charge is 0.500 e. The third-order valence-corrected chi connectivity index (χ3v) is 8.89. The van der Waals surface area contributed by atoms with E-state index in [2.05, 4.69) is 115 Å². The molecule has 0 bridgehead atoms. The molecule has 0 spiro atoms. The molecule has 0 saturated carbocycles. The minimum absolute atomic E-state index is 0. The van der Waals surface area contributed by atoms with Crippen LogP contribution in [0.3, 0.4) is 0 Å². The van der Waals surface area contributed by atoms with Crippen LogP contribution in [0, 0.1) is 23.5 Å². The fourth-order valence-corrected chi connectivity index (χ4v) is 5.97. The standard InChI is InChI=1S/C28H21N2O.C19H24N.Ir/c1-28(2,3)22-15-14-20(23-11-7-8-16-30-23)26-25(22)21-13-12-19(17-29)24(27(21)31-26)18-9-5-4-6-10-18;1-18(2,3)15-9-7-8-14(12-15)17-11-10-16(13-20-17)19(4,5)6;/h4-13,15-16H,1-3H3;7,9-13H,1-6H3;/q2*-1;/i4D,5D,6D,9D,10D;;. The number of furan rings is 1. The number of pyridine rings is 2. The molecule has 0 saturated heterocycles. The quantitative estimate of drug-likeness (QED) is 0.166.